The van der Waals surface area contributed by atoms with Gasteiger partial charge in [0.15, 0.2) is 11.5 Å². The third-order valence-electron chi connectivity index (χ3n) is 3.33. The van der Waals surface area contributed by atoms with Crippen LogP contribution in [0.2, 0.25) is 5.02 Å². The van der Waals surface area contributed by atoms with Gasteiger partial charge in [-0.2, -0.15) is 0 Å². The lowest BCUT2D eigenvalue weighted by Gasteiger charge is -2.09. The molecule has 0 bridgehead atoms. The van der Waals surface area contributed by atoms with Gasteiger partial charge in [-0.25, -0.2) is 0 Å². The zero-order valence-electron chi connectivity index (χ0n) is 14.2. The minimum Gasteiger partial charge on any atom is -0.493 e. The van der Waals surface area contributed by atoms with Gasteiger partial charge in [0, 0.05) is 17.8 Å². The molecule has 136 valence electrons. The van der Waals surface area contributed by atoms with E-state index in [2.05, 4.69) is 5.32 Å². The van der Waals surface area contributed by atoms with Gasteiger partial charge in [-0.05, 0) is 42.8 Å². The van der Waals surface area contributed by atoms with Crippen LogP contribution in [-0.2, 0) is 4.79 Å². The van der Waals surface area contributed by atoms with Gasteiger partial charge in [-0.1, -0.05) is 17.7 Å². The zero-order valence-corrected chi connectivity index (χ0v) is 14.9. The number of amides is 1. The van der Waals surface area contributed by atoms with Gasteiger partial charge < -0.3 is 14.8 Å². The molecule has 2 aromatic carbocycles. The van der Waals surface area contributed by atoms with Gasteiger partial charge in [0.2, 0.25) is 5.91 Å². The summed E-state index contributed by atoms with van der Waals surface area (Å²) in [7, 11) is 1.53. The molecular weight excluding hydrogens is 360 g/mol. The second kappa shape index (κ2) is 8.87. The maximum absolute atomic E-state index is 12.0. The number of nitro benzene ring substituents is 1. The molecule has 8 heteroatoms. The van der Waals surface area contributed by atoms with Crippen LogP contribution in [-0.4, -0.2) is 24.5 Å². The molecule has 0 saturated carbocycles. The van der Waals surface area contributed by atoms with E-state index in [1.165, 1.54) is 31.4 Å². The van der Waals surface area contributed by atoms with Crippen LogP contribution in [0.3, 0.4) is 0 Å². The van der Waals surface area contributed by atoms with Gasteiger partial charge in [-0.3, -0.25) is 14.9 Å². The Bertz CT molecular complexity index is 851. The van der Waals surface area contributed by atoms with Crippen molar-refractivity contribution in [3.8, 4) is 11.5 Å². The topological polar surface area (TPSA) is 90.7 Å². The number of carbonyl (C=O) groups is 1. The third kappa shape index (κ3) is 4.97. The van der Waals surface area contributed by atoms with Crippen LogP contribution in [0.25, 0.3) is 6.08 Å². The Morgan fingerprint density at radius 2 is 2.04 bits per heavy atom. The average Bonchev–Trinajstić information content (AvgIpc) is 2.62. The monoisotopic (exact) mass is 376 g/mol. The molecule has 0 atom stereocenters. The molecule has 7 nitrogen and oxygen atoms in total. The molecule has 0 aliphatic carbocycles. The van der Waals surface area contributed by atoms with Gasteiger partial charge in [0.25, 0.3) is 5.69 Å². The summed E-state index contributed by atoms with van der Waals surface area (Å²) in [5, 5.41) is 13.4. The van der Waals surface area contributed by atoms with Gasteiger partial charge in [0.1, 0.15) is 5.02 Å². The van der Waals surface area contributed by atoms with Crippen LogP contribution >= 0.6 is 11.6 Å². The molecule has 0 fully saturated rings. The highest BCUT2D eigenvalue weighted by Gasteiger charge is 2.13. The number of carbonyl (C=O) groups excluding carboxylic acids is 1. The van der Waals surface area contributed by atoms with Crippen molar-refractivity contribution in [2.45, 2.75) is 6.92 Å². The Morgan fingerprint density at radius 1 is 1.27 bits per heavy atom. The fourth-order valence-corrected chi connectivity index (χ4v) is 2.34. The summed E-state index contributed by atoms with van der Waals surface area (Å²) < 4.78 is 10.7. The number of nitro groups is 1. The highest BCUT2D eigenvalue weighted by Crippen LogP contribution is 2.29. The van der Waals surface area contributed by atoms with Gasteiger partial charge >= 0.3 is 0 Å². The quantitative estimate of drug-likeness (QED) is 0.441. The fourth-order valence-electron chi connectivity index (χ4n) is 2.15. The van der Waals surface area contributed by atoms with E-state index >= 15 is 0 Å². The fraction of sp³-hybridized carbons (Fsp3) is 0.167. The standard InChI is InChI=1S/C18H17ClN2O5/c1-3-26-16-8-4-12(10-17(16)25-2)5-9-18(22)20-13-6-7-14(19)15(11-13)21(23)24/h4-11H,3H2,1-2H3,(H,20,22). The number of nitrogens with zero attached hydrogens (tertiary/aromatic N) is 1. The van der Waals surface area contributed by atoms with E-state index in [0.29, 0.717) is 18.1 Å². The lowest BCUT2D eigenvalue weighted by Crippen LogP contribution is -2.08. The maximum Gasteiger partial charge on any atom is 0.289 e. The predicted octanol–water partition coefficient (Wildman–Crippen LogP) is 4.31. The largest absolute Gasteiger partial charge is 0.493 e. The predicted molar refractivity (Wildman–Crippen MR) is 99.9 cm³/mol. The van der Waals surface area contributed by atoms with Gasteiger partial charge in [0.05, 0.1) is 18.6 Å². The van der Waals surface area contributed by atoms with Crippen molar-refractivity contribution >= 4 is 35.0 Å². The minimum absolute atomic E-state index is 0.00465. The number of anilines is 1. The zero-order chi connectivity index (χ0) is 19.1. The first-order valence-electron chi connectivity index (χ1n) is 7.68. The van der Waals surface area contributed by atoms with Crippen LogP contribution in [0, 0.1) is 10.1 Å². The second-order valence-electron chi connectivity index (χ2n) is 5.09. The highest BCUT2D eigenvalue weighted by atomic mass is 35.5. The van der Waals surface area contributed by atoms with E-state index in [-0.39, 0.29) is 16.4 Å². The van der Waals surface area contributed by atoms with Crippen molar-refractivity contribution in [2.75, 3.05) is 19.0 Å². The molecular formula is C18H17ClN2O5. The van der Waals surface area contributed by atoms with E-state index in [1.54, 1.807) is 24.3 Å². The van der Waals surface area contributed by atoms with Crippen LogP contribution < -0.4 is 14.8 Å². The molecule has 0 saturated heterocycles. The first-order valence-corrected chi connectivity index (χ1v) is 8.06. The number of halogens is 1. The lowest BCUT2D eigenvalue weighted by atomic mass is 10.2. The van der Waals surface area contributed by atoms with Crippen molar-refractivity contribution in [1.82, 2.24) is 0 Å². The number of nitrogens with one attached hydrogen (secondary N) is 1. The van der Waals surface area contributed by atoms with Crippen molar-refractivity contribution in [3.63, 3.8) is 0 Å². The number of hydrogen-bond donors (Lipinski definition) is 1. The number of rotatable bonds is 7. The van der Waals surface area contributed by atoms with Gasteiger partial charge in [-0.15, -0.1) is 0 Å². The Kier molecular flexibility index (Phi) is 6.57. The van der Waals surface area contributed by atoms with Crippen molar-refractivity contribution in [1.29, 1.82) is 0 Å². The lowest BCUT2D eigenvalue weighted by molar-refractivity contribution is -0.384. The van der Waals surface area contributed by atoms with Crippen molar-refractivity contribution in [2.24, 2.45) is 0 Å². The normalized spacial score (nSPS) is 10.6. The first kappa shape index (κ1) is 19.3. The number of benzene rings is 2. The van der Waals surface area contributed by atoms with E-state index < -0.39 is 10.8 Å². The summed E-state index contributed by atoms with van der Waals surface area (Å²) in [6.07, 6.45) is 2.91. The van der Waals surface area contributed by atoms with E-state index in [9.17, 15) is 14.9 Å². The van der Waals surface area contributed by atoms with E-state index in [0.717, 1.165) is 5.56 Å². The van der Waals surface area contributed by atoms with Crippen molar-refractivity contribution < 1.29 is 19.2 Å². The average molecular weight is 377 g/mol. The Morgan fingerprint density at radius 3 is 2.69 bits per heavy atom. The summed E-state index contributed by atoms with van der Waals surface area (Å²) in [6.45, 7) is 2.39. The molecule has 0 aliphatic heterocycles. The number of ether oxygens (including phenoxy) is 2. The number of hydrogen-bond acceptors (Lipinski definition) is 5. The Balaban J connectivity index is 2.10. The van der Waals surface area contributed by atoms with E-state index in [1.807, 2.05) is 6.92 Å². The second-order valence-corrected chi connectivity index (χ2v) is 5.50. The molecule has 26 heavy (non-hydrogen) atoms. The molecule has 0 unspecified atom stereocenters. The molecule has 0 spiro atoms. The summed E-state index contributed by atoms with van der Waals surface area (Å²) in [4.78, 5) is 22.3. The smallest absolute Gasteiger partial charge is 0.289 e. The maximum atomic E-state index is 12.0. The van der Waals surface area contributed by atoms with Crippen LogP contribution in [0.1, 0.15) is 12.5 Å². The highest BCUT2D eigenvalue weighted by molar-refractivity contribution is 6.32. The molecule has 1 N–H and O–H groups in total. The summed E-state index contributed by atoms with van der Waals surface area (Å²) >= 11 is 5.74. The third-order valence-corrected chi connectivity index (χ3v) is 3.64. The molecule has 2 aromatic rings. The SMILES string of the molecule is CCOc1ccc(C=CC(=O)Nc2ccc(Cl)c([N+](=O)[O-])c2)cc1OC. The molecule has 0 heterocycles. The summed E-state index contributed by atoms with van der Waals surface area (Å²) in [5.41, 5.74) is 0.743. The Hall–Kier alpha value is -3.06. The Labute approximate surface area is 155 Å². The summed E-state index contributed by atoms with van der Waals surface area (Å²) in [5.74, 6) is 0.738. The first-order chi connectivity index (χ1) is 12.4. The summed E-state index contributed by atoms with van der Waals surface area (Å²) in [6, 6.07) is 9.32. The molecule has 0 radical (unpaired) electrons. The van der Waals surface area contributed by atoms with Crippen LogP contribution in [0.4, 0.5) is 11.4 Å². The van der Waals surface area contributed by atoms with Crippen LogP contribution in [0.5, 0.6) is 11.5 Å². The molecule has 0 aromatic heterocycles. The molecule has 2 rings (SSSR count). The molecule has 1 amide bonds. The molecule has 0 aliphatic rings. The van der Waals surface area contributed by atoms with Crippen molar-refractivity contribution in [3.05, 3.63) is 63.2 Å². The van der Waals surface area contributed by atoms with E-state index in [4.69, 9.17) is 21.1 Å². The minimum atomic E-state index is -0.611. The number of methoxy groups -OCH3 is 1. The van der Waals surface area contributed by atoms with Crippen LogP contribution in [0.15, 0.2) is 42.5 Å².